The summed E-state index contributed by atoms with van der Waals surface area (Å²) in [5.41, 5.74) is -0.411. The predicted octanol–water partition coefficient (Wildman–Crippen LogP) is 1.23. The molecule has 0 aromatic rings. The van der Waals surface area contributed by atoms with E-state index in [4.69, 9.17) is 4.74 Å². The van der Waals surface area contributed by atoms with E-state index in [-0.39, 0.29) is 29.0 Å². The van der Waals surface area contributed by atoms with Gasteiger partial charge < -0.3 is 10.1 Å². The molecule has 2 aliphatic rings. The van der Waals surface area contributed by atoms with Gasteiger partial charge in [-0.15, -0.1) is 0 Å². The second-order valence-corrected chi connectivity index (χ2v) is 8.08. The summed E-state index contributed by atoms with van der Waals surface area (Å²) in [4.78, 5) is 0. The van der Waals surface area contributed by atoms with Gasteiger partial charge in [0.1, 0.15) is 0 Å². The Bertz CT molecular complexity index is 437. The fraction of sp³-hybridized carbons (Fsp3) is 0.833. The second kappa shape index (κ2) is 3.80. The first-order valence-electron chi connectivity index (χ1n) is 5.97. The van der Waals surface area contributed by atoms with Crippen LogP contribution in [0.5, 0.6) is 0 Å². The molecule has 98 valence electrons. The molecule has 2 aliphatic heterocycles. The van der Waals surface area contributed by atoms with Crippen molar-refractivity contribution in [3.05, 3.63) is 11.5 Å². The lowest BCUT2D eigenvalue weighted by Crippen LogP contribution is -2.48. The van der Waals surface area contributed by atoms with Crippen LogP contribution in [0.15, 0.2) is 11.5 Å². The van der Waals surface area contributed by atoms with Gasteiger partial charge in [0, 0.05) is 17.5 Å². The Morgan fingerprint density at radius 2 is 1.94 bits per heavy atom. The molecular formula is C12H21NO3S. The summed E-state index contributed by atoms with van der Waals surface area (Å²) in [6.07, 6.45) is 2.63. The molecule has 0 spiro atoms. The molecule has 0 saturated carbocycles. The van der Waals surface area contributed by atoms with Crippen molar-refractivity contribution in [3.63, 3.8) is 0 Å². The molecule has 5 heteroatoms. The summed E-state index contributed by atoms with van der Waals surface area (Å²) in [6, 6.07) is 0.0993. The monoisotopic (exact) mass is 259 g/mol. The molecule has 0 aliphatic carbocycles. The quantitative estimate of drug-likeness (QED) is 0.810. The molecule has 0 bridgehead atoms. The maximum absolute atomic E-state index is 11.3. The van der Waals surface area contributed by atoms with Crippen LogP contribution in [0.1, 0.15) is 34.1 Å². The zero-order valence-corrected chi connectivity index (χ0v) is 11.7. The minimum absolute atomic E-state index is 0.0817. The largest absolute Gasteiger partial charge is 0.368 e. The second-order valence-electron chi connectivity index (χ2n) is 6.15. The highest BCUT2D eigenvalue weighted by molar-refractivity contribution is 7.94. The molecule has 1 fully saturated rings. The number of rotatable bonds is 2. The minimum atomic E-state index is -2.99. The van der Waals surface area contributed by atoms with Crippen molar-refractivity contribution >= 4 is 9.84 Å². The Hall–Kier alpha value is -0.390. The maximum atomic E-state index is 11.3. The Morgan fingerprint density at radius 3 is 2.35 bits per heavy atom. The lowest BCUT2D eigenvalue weighted by atomic mass is 9.94. The van der Waals surface area contributed by atoms with Crippen molar-refractivity contribution < 1.29 is 13.2 Å². The molecular weight excluding hydrogens is 238 g/mol. The smallest absolute Gasteiger partial charge is 0.173 e. The van der Waals surface area contributed by atoms with E-state index in [0.717, 1.165) is 6.42 Å². The van der Waals surface area contributed by atoms with Gasteiger partial charge in [-0.25, -0.2) is 8.42 Å². The topological polar surface area (TPSA) is 55.4 Å². The maximum Gasteiger partial charge on any atom is 0.173 e. The molecule has 2 heterocycles. The van der Waals surface area contributed by atoms with Gasteiger partial charge in [0.05, 0.1) is 17.0 Å². The zero-order valence-electron chi connectivity index (χ0n) is 10.9. The number of hydrogen-bond donors (Lipinski definition) is 1. The van der Waals surface area contributed by atoms with E-state index in [1.165, 1.54) is 5.41 Å². The first-order valence-corrected chi connectivity index (χ1v) is 7.68. The SMILES string of the molecule is CC1(C)CC(NC2C=CS(=O)(=O)C2)C(C)(C)O1. The van der Waals surface area contributed by atoms with Gasteiger partial charge in [0.25, 0.3) is 0 Å². The van der Waals surface area contributed by atoms with E-state index in [2.05, 4.69) is 19.2 Å². The number of sulfone groups is 1. The minimum Gasteiger partial charge on any atom is -0.368 e. The highest BCUT2D eigenvalue weighted by atomic mass is 32.2. The van der Waals surface area contributed by atoms with Crippen LogP contribution in [0.25, 0.3) is 0 Å². The molecule has 0 aromatic heterocycles. The summed E-state index contributed by atoms with van der Waals surface area (Å²) < 4.78 is 28.7. The Kier molecular flexibility index (Phi) is 2.92. The third-order valence-electron chi connectivity index (χ3n) is 3.42. The molecule has 1 saturated heterocycles. The van der Waals surface area contributed by atoms with Crippen LogP contribution in [0.3, 0.4) is 0 Å². The van der Waals surface area contributed by atoms with Crippen LogP contribution in [-0.2, 0) is 14.6 Å². The van der Waals surface area contributed by atoms with Gasteiger partial charge in [0.2, 0.25) is 0 Å². The number of hydrogen-bond acceptors (Lipinski definition) is 4. The fourth-order valence-corrected chi connectivity index (χ4v) is 4.01. The van der Waals surface area contributed by atoms with Crippen LogP contribution >= 0.6 is 0 Å². The van der Waals surface area contributed by atoms with E-state index in [1.54, 1.807) is 6.08 Å². The molecule has 17 heavy (non-hydrogen) atoms. The Morgan fingerprint density at radius 1 is 1.29 bits per heavy atom. The first kappa shape index (κ1) is 13.1. The van der Waals surface area contributed by atoms with E-state index in [9.17, 15) is 8.42 Å². The van der Waals surface area contributed by atoms with Crippen molar-refractivity contribution in [1.29, 1.82) is 0 Å². The summed E-state index contributed by atoms with van der Waals surface area (Å²) in [7, 11) is -2.99. The summed E-state index contributed by atoms with van der Waals surface area (Å²) in [5.74, 6) is 0.167. The first-order chi connectivity index (χ1) is 7.60. The number of nitrogens with one attached hydrogen (secondary N) is 1. The Balaban J connectivity index is 2.04. The third kappa shape index (κ3) is 2.89. The molecule has 1 N–H and O–H groups in total. The van der Waals surface area contributed by atoms with Crippen molar-refractivity contribution in [1.82, 2.24) is 5.32 Å². The van der Waals surface area contributed by atoms with Gasteiger partial charge in [-0.3, -0.25) is 0 Å². The van der Waals surface area contributed by atoms with Crippen molar-refractivity contribution in [3.8, 4) is 0 Å². The molecule has 0 amide bonds. The standard InChI is InChI=1S/C12H21NO3S/c1-11(2)7-10(12(3,4)16-11)13-9-5-6-17(14,15)8-9/h5-6,9-10,13H,7-8H2,1-4H3. The van der Waals surface area contributed by atoms with Gasteiger partial charge >= 0.3 is 0 Å². The number of ether oxygens (including phenoxy) is 1. The third-order valence-corrected chi connectivity index (χ3v) is 4.82. The van der Waals surface area contributed by atoms with E-state index >= 15 is 0 Å². The van der Waals surface area contributed by atoms with Crippen LogP contribution in [-0.4, -0.2) is 37.5 Å². The molecule has 2 rings (SSSR count). The van der Waals surface area contributed by atoms with E-state index < -0.39 is 9.84 Å². The van der Waals surface area contributed by atoms with Gasteiger partial charge in [-0.1, -0.05) is 6.08 Å². The van der Waals surface area contributed by atoms with E-state index in [1.807, 2.05) is 13.8 Å². The average Bonchev–Trinajstić information content (AvgIpc) is 2.50. The van der Waals surface area contributed by atoms with Crippen LogP contribution in [0.4, 0.5) is 0 Å². The fourth-order valence-electron chi connectivity index (χ4n) is 2.76. The van der Waals surface area contributed by atoms with Gasteiger partial charge in [0.15, 0.2) is 9.84 Å². The van der Waals surface area contributed by atoms with Crippen LogP contribution in [0, 0.1) is 0 Å². The normalized spacial score (nSPS) is 37.4. The predicted molar refractivity (Wildman–Crippen MR) is 67.5 cm³/mol. The molecule has 0 radical (unpaired) electrons. The molecule has 0 aromatic carbocycles. The molecule has 4 nitrogen and oxygen atoms in total. The average molecular weight is 259 g/mol. The lowest BCUT2D eigenvalue weighted by Gasteiger charge is -2.29. The highest BCUT2D eigenvalue weighted by Crippen LogP contribution is 2.37. The Labute approximate surface area is 103 Å². The summed E-state index contributed by atoms with van der Waals surface area (Å²) in [6.45, 7) is 8.23. The van der Waals surface area contributed by atoms with Gasteiger partial charge in [-0.2, -0.15) is 0 Å². The highest BCUT2D eigenvalue weighted by Gasteiger charge is 2.46. The van der Waals surface area contributed by atoms with Crippen molar-refractivity contribution in [2.24, 2.45) is 0 Å². The van der Waals surface area contributed by atoms with Gasteiger partial charge in [-0.05, 0) is 34.1 Å². The summed E-state index contributed by atoms with van der Waals surface area (Å²) in [5, 5.41) is 4.69. The van der Waals surface area contributed by atoms with E-state index in [0.29, 0.717) is 0 Å². The summed E-state index contributed by atoms with van der Waals surface area (Å²) >= 11 is 0. The van der Waals surface area contributed by atoms with Crippen LogP contribution in [0.2, 0.25) is 0 Å². The molecule has 2 unspecified atom stereocenters. The van der Waals surface area contributed by atoms with Crippen LogP contribution < -0.4 is 5.32 Å². The molecule has 2 atom stereocenters. The zero-order chi connectivity index (χ0) is 12.9. The van der Waals surface area contributed by atoms with Crippen molar-refractivity contribution in [2.45, 2.75) is 57.4 Å². The van der Waals surface area contributed by atoms with Crippen molar-refractivity contribution in [2.75, 3.05) is 5.75 Å². The lowest BCUT2D eigenvalue weighted by molar-refractivity contribution is -0.0700.